The summed E-state index contributed by atoms with van der Waals surface area (Å²) in [7, 11) is 0. The molecule has 3 heteroatoms. The van der Waals surface area contributed by atoms with Gasteiger partial charge in [0.15, 0.2) is 0 Å². The minimum atomic E-state index is -0.186. The molecule has 2 atom stereocenters. The molecular formula is C12H22O3. The second-order valence-electron chi connectivity index (χ2n) is 5.02. The Bertz CT molecular complexity index is 223. The van der Waals surface area contributed by atoms with E-state index in [-0.39, 0.29) is 11.6 Å². The van der Waals surface area contributed by atoms with Gasteiger partial charge in [-0.2, -0.15) is 0 Å². The summed E-state index contributed by atoms with van der Waals surface area (Å²) in [6.07, 6.45) is 3.66. The molecule has 0 aromatic heterocycles. The maximum absolute atomic E-state index is 10.5. The second-order valence-corrected chi connectivity index (χ2v) is 5.02. The van der Waals surface area contributed by atoms with Crippen LogP contribution in [-0.2, 0) is 14.3 Å². The Morgan fingerprint density at radius 2 is 2.07 bits per heavy atom. The molecule has 0 aromatic carbocycles. The Labute approximate surface area is 92.1 Å². The summed E-state index contributed by atoms with van der Waals surface area (Å²) < 4.78 is 10.4. The second kappa shape index (κ2) is 4.97. The van der Waals surface area contributed by atoms with Crippen LogP contribution in [0.1, 0.15) is 47.0 Å². The summed E-state index contributed by atoms with van der Waals surface area (Å²) in [6.45, 7) is 8.44. The van der Waals surface area contributed by atoms with Crippen molar-refractivity contribution in [3.63, 3.8) is 0 Å². The van der Waals surface area contributed by atoms with Gasteiger partial charge >= 0.3 is 5.97 Å². The van der Waals surface area contributed by atoms with Crippen molar-refractivity contribution in [3.05, 3.63) is 0 Å². The summed E-state index contributed by atoms with van der Waals surface area (Å²) in [6, 6.07) is 0. The highest BCUT2D eigenvalue weighted by molar-refractivity contribution is 5.65. The van der Waals surface area contributed by atoms with Gasteiger partial charge in [-0.1, -0.05) is 6.92 Å². The number of epoxide rings is 1. The monoisotopic (exact) mass is 214 g/mol. The van der Waals surface area contributed by atoms with E-state index < -0.39 is 0 Å². The van der Waals surface area contributed by atoms with E-state index in [4.69, 9.17) is 9.47 Å². The average molecular weight is 214 g/mol. The van der Waals surface area contributed by atoms with Crippen molar-refractivity contribution in [2.24, 2.45) is 5.92 Å². The SMILES string of the molecule is CC(=O)OCC[C@H](C)CCC1OC1(C)C. The molecule has 0 N–H and O–H groups in total. The predicted octanol–water partition coefficient (Wildman–Crippen LogP) is 2.53. The molecule has 1 aliphatic heterocycles. The van der Waals surface area contributed by atoms with E-state index in [1.165, 1.54) is 6.92 Å². The Morgan fingerprint density at radius 1 is 1.47 bits per heavy atom. The van der Waals surface area contributed by atoms with Crippen LogP contribution in [0.15, 0.2) is 0 Å². The first-order chi connectivity index (χ1) is 6.92. The minimum Gasteiger partial charge on any atom is -0.466 e. The number of hydrogen-bond acceptors (Lipinski definition) is 3. The van der Waals surface area contributed by atoms with Crippen molar-refractivity contribution >= 4 is 5.97 Å². The van der Waals surface area contributed by atoms with Gasteiger partial charge in [0, 0.05) is 6.92 Å². The van der Waals surface area contributed by atoms with Crippen molar-refractivity contribution in [1.82, 2.24) is 0 Å². The molecular weight excluding hydrogens is 192 g/mol. The smallest absolute Gasteiger partial charge is 0.302 e. The zero-order valence-corrected chi connectivity index (χ0v) is 10.2. The molecule has 1 heterocycles. The Kier molecular flexibility index (Phi) is 4.14. The molecule has 1 rings (SSSR count). The third-order valence-corrected chi connectivity index (χ3v) is 3.00. The lowest BCUT2D eigenvalue weighted by molar-refractivity contribution is -0.141. The van der Waals surface area contributed by atoms with Gasteiger partial charge in [-0.15, -0.1) is 0 Å². The van der Waals surface area contributed by atoms with Crippen LogP contribution in [0.2, 0.25) is 0 Å². The lowest BCUT2D eigenvalue weighted by Crippen LogP contribution is -2.08. The first-order valence-corrected chi connectivity index (χ1v) is 5.73. The highest BCUT2D eigenvalue weighted by Crippen LogP contribution is 2.39. The van der Waals surface area contributed by atoms with E-state index in [0.717, 1.165) is 19.3 Å². The molecule has 0 radical (unpaired) electrons. The number of ether oxygens (including phenoxy) is 2. The minimum absolute atomic E-state index is 0.107. The maximum atomic E-state index is 10.5. The van der Waals surface area contributed by atoms with Crippen molar-refractivity contribution < 1.29 is 14.3 Å². The quantitative estimate of drug-likeness (QED) is 0.504. The van der Waals surface area contributed by atoms with E-state index >= 15 is 0 Å². The summed E-state index contributed by atoms with van der Waals surface area (Å²) in [5.74, 6) is 0.415. The summed E-state index contributed by atoms with van der Waals surface area (Å²) in [5, 5.41) is 0. The molecule has 0 aromatic rings. The first-order valence-electron chi connectivity index (χ1n) is 5.73. The normalized spacial score (nSPS) is 24.7. The lowest BCUT2D eigenvalue weighted by atomic mass is 9.98. The molecule has 0 amide bonds. The third-order valence-electron chi connectivity index (χ3n) is 3.00. The maximum Gasteiger partial charge on any atom is 0.302 e. The lowest BCUT2D eigenvalue weighted by Gasteiger charge is -2.10. The van der Waals surface area contributed by atoms with Crippen molar-refractivity contribution in [2.75, 3.05) is 6.61 Å². The topological polar surface area (TPSA) is 38.8 Å². The molecule has 0 saturated carbocycles. The molecule has 0 aliphatic carbocycles. The van der Waals surface area contributed by atoms with Crippen LogP contribution in [-0.4, -0.2) is 24.3 Å². The number of carbonyl (C=O) groups excluding carboxylic acids is 1. The van der Waals surface area contributed by atoms with Crippen molar-refractivity contribution in [1.29, 1.82) is 0 Å². The molecule has 1 saturated heterocycles. The van der Waals surface area contributed by atoms with Crippen LogP contribution in [0.3, 0.4) is 0 Å². The largest absolute Gasteiger partial charge is 0.466 e. The molecule has 3 nitrogen and oxygen atoms in total. The molecule has 1 aliphatic rings. The van der Waals surface area contributed by atoms with Crippen molar-refractivity contribution in [2.45, 2.75) is 58.7 Å². The van der Waals surface area contributed by atoms with E-state index in [1.54, 1.807) is 0 Å². The van der Waals surface area contributed by atoms with Gasteiger partial charge in [-0.3, -0.25) is 4.79 Å². The number of hydrogen-bond donors (Lipinski definition) is 0. The Balaban J connectivity index is 1.99. The Morgan fingerprint density at radius 3 is 2.53 bits per heavy atom. The number of esters is 1. The summed E-state index contributed by atoms with van der Waals surface area (Å²) >= 11 is 0. The van der Waals surface area contributed by atoms with Crippen LogP contribution in [0.5, 0.6) is 0 Å². The van der Waals surface area contributed by atoms with Gasteiger partial charge in [-0.05, 0) is 39.0 Å². The number of carbonyl (C=O) groups is 1. The van der Waals surface area contributed by atoms with Crippen LogP contribution in [0, 0.1) is 5.92 Å². The Hall–Kier alpha value is -0.570. The van der Waals surface area contributed by atoms with E-state index in [1.807, 2.05) is 0 Å². The van der Waals surface area contributed by atoms with Gasteiger partial charge in [0.1, 0.15) is 0 Å². The highest BCUT2D eigenvalue weighted by atomic mass is 16.6. The summed E-state index contributed by atoms with van der Waals surface area (Å²) in [4.78, 5) is 10.5. The third kappa shape index (κ3) is 4.65. The molecule has 1 fully saturated rings. The zero-order valence-electron chi connectivity index (χ0n) is 10.2. The number of rotatable bonds is 6. The van der Waals surface area contributed by atoms with E-state index in [9.17, 15) is 4.79 Å². The molecule has 15 heavy (non-hydrogen) atoms. The van der Waals surface area contributed by atoms with E-state index in [2.05, 4.69) is 20.8 Å². The molecule has 1 unspecified atom stereocenters. The van der Waals surface area contributed by atoms with Gasteiger partial charge in [0.25, 0.3) is 0 Å². The van der Waals surface area contributed by atoms with Gasteiger partial charge < -0.3 is 9.47 Å². The van der Waals surface area contributed by atoms with Crippen molar-refractivity contribution in [3.8, 4) is 0 Å². The summed E-state index contributed by atoms with van der Waals surface area (Å²) in [5.41, 5.74) is 0.107. The molecule has 88 valence electrons. The standard InChI is InChI=1S/C12H22O3/c1-9(7-8-14-10(2)13)5-6-11-12(3,4)15-11/h9,11H,5-8H2,1-4H3/t9-,11?/m1/s1. The molecule has 0 bridgehead atoms. The first kappa shape index (κ1) is 12.5. The van der Waals surface area contributed by atoms with Crippen LogP contribution >= 0.6 is 0 Å². The highest BCUT2D eigenvalue weighted by Gasteiger charge is 2.46. The van der Waals surface area contributed by atoms with Gasteiger partial charge in [0.2, 0.25) is 0 Å². The van der Waals surface area contributed by atoms with E-state index in [0.29, 0.717) is 18.6 Å². The van der Waals surface area contributed by atoms with Crippen LogP contribution in [0.25, 0.3) is 0 Å². The van der Waals surface area contributed by atoms with Gasteiger partial charge in [-0.25, -0.2) is 0 Å². The van der Waals surface area contributed by atoms with Gasteiger partial charge in [0.05, 0.1) is 18.3 Å². The van der Waals surface area contributed by atoms with Crippen LogP contribution in [0.4, 0.5) is 0 Å². The van der Waals surface area contributed by atoms with Crippen LogP contribution < -0.4 is 0 Å². The fourth-order valence-electron chi connectivity index (χ4n) is 1.72. The average Bonchev–Trinajstić information content (AvgIpc) is 2.70. The fraction of sp³-hybridized carbons (Fsp3) is 0.917. The fourth-order valence-corrected chi connectivity index (χ4v) is 1.72. The predicted molar refractivity (Wildman–Crippen MR) is 58.6 cm³/mol. The zero-order chi connectivity index (χ0) is 11.5. The molecule has 0 spiro atoms.